The maximum atomic E-state index is 9.38. The van der Waals surface area contributed by atoms with Crippen LogP contribution in [0.2, 0.25) is 5.02 Å². The SMILES string of the molecule is CC(Nc1cccc(O)c1)c1ccc(Cl)cc1. The zero-order valence-electron chi connectivity index (χ0n) is 9.52. The summed E-state index contributed by atoms with van der Waals surface area (Å²) in [4.78, 5) is 0. The summed E-state index contributed by atoms with van der Waals surface area (Å²) in [5.41, 5.74) is 2.05. The van der Waals surface area contributed by atoms with Crippen molar-refractivity contribution < 1.29 is 5.11 Å². The van der Waals surface area contributed by atoms with Gasteiger partial charge < -0.3 is 10.4 Å². The summed E-state index contributed by atoms with van der Waals surface area (Å²) in [6, 6.07) is 15.0. The molecule has 88 valence electrons. The second kappa shape index (κ2) is 5.11. The van der Waals surface area contributed by atoms with Crippen LogP contribution in [-0.2, 0) is 0 Å². The van der Waals surface area contributed by atoms with Crippen LogP contribution in [0.4, 0.5) is 5.69 Å². The van der Waals surface area contributed by atoms with Gasteiger partial charge in [-0.25, -0.2) is 0 Å². The standard InChI is InChI=1S/C14H14ClNO/c1-10(11-5-7-12(15)8-6-11)16-13-3-2-4-14(17)9-13/h2-10,16-17H,1H3. The fourth-order valence-corrected chi connectivity index (χ4v) is 1.81. The number of hydrogen-bond donors (Lipinski definition) is 2. The van der Waals surface area contributed by atoms with Gasteiger partial charge in [0.25, 0.3) is 0 Å². The van der Waals surface area contributed by atoms with Crippen molar-refractivity contribution in [2.75, 3.05) is 5.32 Å². The van der Waals surface area contributed by atoms with E-state index in [2.05, 4.69) is 12.2 Å². The van der Waals surface area contributed by atoms with E-state index < -0.39 is 0 Å². The molecule has 2 aromatic rings. The smallest absolute Gasteiger partial charge is 0.117 e. The molecule has 0 spiro atoms. The van der Waals surface area contributed by atoms with Crippen LogP contribution >= 0.6 is 11.6 Å². The molecule has 0 aliphatic rings. The first-order chi connectivity index (χ1) is 8.15. The number of phenolic OH excluding ortho intramolecular Hbond substituents is 1. The van der Waals surface area contributed by atoms with Crippen LogP contribution in [0.15, 0.2) is 48.5 Å². The van der Waals surface area contributed by atoms with Gasteiger partial charge in [0, 0.05) is 22.8 Å². The lowest BCUT2D eigenvalue weighted by Gasteiger charge is -2.15. The molecule has 0 heterocycles. The Hall–Kier alpha value is -1.67. The number of halogens is 1. The quantitative estimate of drug-likeness (QED) is 0.851. The molecule has 0 amide bonds. The van der Waals surface area contributed by atoms with Crippen molar-refractivity contribution in [3.8, 4) is 5.75 Å². The topological polar surface area (TPSA) is 32.3 Å². The predicted octanol–water partition coefficient (Wildman–Crippen LogP) is 4.22. The summed E-state index contributed by atoms with van der Waals surface area (Å²) >= 11 is 5.84. The van der Waals surface area contributed by atoms with E-state index in [1.807, 2.05) is 36.4 Å². The Balaban J connectivity index is 2.11. The molecule has 0 aromatic heterocycles. The Labute approximate surface area is 106 Å². The Morgan fingerprint density at radius 1 is 1.12 bits per heavy atom. The molecule has 0 aliphatic heterocycles. The molecule has 0 aliphatic carbocycles. The summed E-state index contributed by atoms with van der Waals surface area (Å²) in [7, 11) is 0. The lowest BCUT2D eigenvalue weighted by atomic mass is 10.1. The van der Waals surface area contributed by atoms with Crippen molar-refractivity contribution in [3.05, 3.63) is 59.1 Å². The maximum Gasteiger partial charge on any atom is 0.117 e. The van der Waals surface area contributed by atoms with Crippen molar-refractivity contribution in [1.82, 2.24) is 0 Å². The highest BCUT2D eigenvalue weighted by Crippen LogP contribution is 2.22. The number of phenols is 1. The Morgan fingerprint density at radius 2 is 1.82 bits per heavy atom. The van der Waals surface area contributed by atoms with E-state index in [9.17, 15) is 5.11 Å². The molecule has 3 heteroatoms. The van der Waals surface area contributed by atoms with Crippen molar-refractivity contribution >= 4 is 17.3 Å². The number of benzene rings is 2. The van der Waals surface area contributed by atoms with Crippen molar-refractivity contribution in [2.24, 2.45) is 0 Å². The van der Waals surface area contributed by atoms with Gasteiger partial charge in [0.2, 0.25) is 0 Å². The first kappa shape index (κ1) is 11.8. The monoisotopic (exact) mass is 247 g/mol. The highest BCUT2D eigenvalue weighted by Gasteiger charge is 2.05. The number of hydrogen-bond acceptors (Lipinski definition) is 2. The minimum Gasteiger partial charge on any atom is -0.508 e. The molecule has 17 heavy (non-hydrogen) atoms. The number of aromatic hydroxyl groups is 1. The van der Waals surface area contributed by atoms with Crippen LogP contribution in [0, 0.1) is 0 Å². The van der Waals surface area contributed by atoms with Gasteiger partial charge in [-0.05, 0) is 36.8 Å². The van der Waals surface area contributed by atoms with E-state index >= 15 is 0 Å². The summed E-state index contributed by atoms with van der Waals surface area (Å²) in [6.45, 7) is 2.06. The Morgan fingerprint density at radius 3 is 2.47 bits per heavy atom. The largest absolute Gasteiger partial charge is 0.508 e. The van der Waals surface area contributed by atoms with E-state index in [1.54, 1.807) is 12.1 Å². The minimum absolute atomic E-state index is 0.161. The normalized spacial score (nSPS) is 12.1. The molecular weight excluding hydrogens is 234 g/mol. The summed E-state index contributed by atoms with van der Waals surface area (Å²) in [6.07, 6.45) is 0. The predicted molar refractivity (Wildman–Crippen MR) is 71.6 cm³/mol. The molecule has 0 bridgehead atoms. The third-order valence-corrected chi connectivity index (χ3v) is 2.85. The van der Waals surface area contributed by atoms with E-state index in [0.717, 1.165) is 16.3 Å². The maximum absolute atomic E-state index is 9.38. The zero-order chi connectivity index (χ0) is 12.3. The first-order valence-corrected chi connectivity index (χ1v) is 5.84. The van der Waals surface area contributed by atoms with E-state index in [-0.39, 0.29) is 11.8 Å². The Kier molecular flexibility index (Phi) is 3.55. The highest BCUT2D eigenvalue weighted by molar-refractivity contribution is 6.30. The minimum atomic E-state index is 0.161. The zero-order valence-corrected chi connectivity index (χ0v) is 10.3. The van der Waals surface area contributed by atoms with Crippen LogP contribution in [-0.4, -0.2) is 5.11 Å². The first-order valence-electron chi connectivity index (χ1n) is 5.46. The molecule has 2 rings (SSSR count). The number of rotatable bonds is 3. The van der Waals surface area contributed by atoms with E-state index in [1.165, 1.54) is 0 Å². The van der Waals surface area contributed by atoms with Gasteiger partial charge in [-0.2, -0.15) is 0 Å². The molecule has 0 saturated heterocycles. The summed E-state index contributed by atoms with van der Waals surface area (Å²) in [5, 5.41) is 13.4. The molecule has 0 radical (unpaired) electrons. The van der Waals surface area contributed by atoms with Crippen molar-refractivity contribution in [3.63, 3.8) is 0 Å². The van der Waals surface area contributed by atoms with Gasteiger partial charge in [-0.15, -0.1) is 0 Å². The second-order valence-corrected chi connectivity index (χ2v) is 4.40. The van der Waals surface area contributed by atoms with Crippen LogP contribution < -0.4 is 5.32 Å². The van der Waals surface area contributed by atoms with E-state index in [4.69, 9.17) is 11.6 Å². The van der Waals surface area contributed by atoms with Crippen LogP contribution in [0.5, 0.6) is 5.75 Å². The van der Waals surface area contributed by atoms with E-state index in [0.29, 0.717) is 0 Å². The van der Waals surface area contributed by atoms with Gasteiger partial charge in [0.15, 0.2) is 0 Å². The molecule has 0 fully saturated rings. The molecule has 2 N–H and O–H groups in total. The molecule has 2 aromatic carbocycles. The Bertz CT molecular complexity index is 496. The number of nitrogens with one attached hydrogen (secondary N) is 1. The average Bonchev–Trinajstić information content (AvgIpc) is 2.29. The molecule has 2 nitrogen and oxygen atoms in total. The lowest BCUT2D eigenvalue weighted by Crippen LogP contribution is -2.06. The van der Waals surface area contributed by atoms with Gasteiger partial charge in [-0.3, -0.25) is 0 Å². The lowest BCUT2D eigenvalue weighted by molar-refractivity contribution is 0.475. The average molecular weight is 248 g/mol. The third kappa shape index (κ3) is 3.14. The van der Waals surface area contributed by atoms with Crippen LogP contribution in [0.3, 0.4) is 0 Å². The van der Waals surface area contributed by atoms with Gasteiger partial charge in [0.05, 0.1) is 0 Å². The van der Waals surface area contributed by atoms with Crippen LogP contribution in [0.25, 0.3) is 0 Å². The van der Waals surface area contributed by atoms with Gasteiger partial charge in [0.1, 0.15) is 5.75 Å². The second-order valence-electron chi connectivity index (χ2n) is 3.97. The van der Waals surface area contributed by atoms with Gasteiger partial charge in [-0.1, -0.05) is 29.8 Å². The van der Waals surface area contributed by atoms with Crippen molar-refractivity contribution in [2.45, 2.75) is 13.0 Å². The number of anilines is 1. The molecular formula is C14H14ClNO. The summed E-state index contributed by atoms with van der Waals surface area (Å²) < 4.78 is 0. The molecule has 0 saturated carbocycles. The fourth-order valence-electron chi connectivity index (χ4n) is 1.68. The summed E-state index contributed by atoms with van der Waals surface area (Å²) in [5.74, 6) is 0.262. The van der Waals surface area contributed by atoms with Gasteiger partial charge >= 0.3 is 0 Å². The fraction of sp³-hybridized carbons (Fsp3) is 0.143. The van der Waals surface area contributed by atoms with Crippen LogP contribution in [0.1, 0.15) is 18.5 Å². The molecule has 1 unspecified atom stereocenters. The van der Waals surface area contributed by atoms with Crippen molar-refractivity contribution in [1.29, 1.82) is 0 Å². The third-order valence-electron chi connectivity index (χ3n) is 2.60. The highest BCUT2D eigenvalue weighted by atomic mass is 35.5. The molecule has 1 atom stereocenters.